The second kappa shape index (κ2) is 4.75. The van der Waals surface area contributed by atoms with Crippen molar-refractivity contribution in [1.82, 2.24) is 15.2 Å². The van der Waals surface area contributed by atoms with Crippen molar-refractivity contribution >= 4 is 11.9 Å². The van der Waals surface area contributed by atoms with Gasteiger partial charge in [0, 0.05) is 12.0 Å². The lowest BCUT2D eigenvalue weighted by Crippen LogP contribution is -2.24. The molecule has 1 aromatic heterocycles. The summed E-state index contributed by atoms with van der Waals surface area (Å²) < 4.78 is 0. The molecular formula is C11H17N5O. The van der Waals surface area contributed by atoms with Gasteiger partial charge < -0.3 is 5.73 Å². The van der Waals surface area contributed by atoms with E-state index in [1.807, 2.05) is 13.8 Å². The number of carbonyl (C=O) groups is 1. The van der Waals surface area contributed by atoms with Crippen molar-refractivity contribution < 1.29 is 4.79 Å². The lowest BCUT2D eigenvalue weighted by Gasteiger charge is -2.09. The summed E-state index contributed by atoms with van der Waals surface area (Å²) >= 11 is 0. The highest BCUT2D eigenvalue weighted by atomic mass is 16.2. The molecule has 0 saturated heterocycles. The minimum absolute atomic E-state index is 0.0183. The number of aryl methyl sites for hydroxylation is 2. The topological polar surface area (TPSA) is 93.8 Å². The molecule has 1 heterocycles. The van der Waals surface area contributed by atoms with Gasteiger partial charge in [0.25, 0.3) is 0 Å². The molecular weight excluding hydrogens is 218 g/mol. The van der Waals surface area contributed by atoms with Gasteiger partial charge in [-0.25, -0.2) is 4.98 Å². The van der Waals surface area contributed by atoms with Gasteiger partial charge in [0.15, 0.2) is 0 Å². The molecule has 0 spiro atoms. The first kappa shape index (κ1) is 11.9. The average Bonchev–Trinajstić information content (AvgIpc) is 2.70. The number of rotatable bonds is 2. The van der Waals surface area contributed by atoms with Gasteiger partial charge in [-0.3, -0.25) is 10.1 Å². The maximum absolute atomic E-state index is 11.9. The number of hydrogen-bond donors (Lipinski definition) is 2. The molecule has 2 unspecified atom stereocenters. The average molecular weight is 235 g/mol. The Bertz CT molecular complexity index is 434. The van der Waals surface area contributed by atoms with Crippen LogP contribution in [-0.2, 0) is 4.79 Å². The smallest absolute Gasteiger partial charge is 0.249 e. The number of nitrogens with one attached hydrogen (secondary N) is 1. The van der Waals surface area contributed by atoms with Crippen LogP contribution in [0.5, 0.6) is 0 Å². The maximum atomic E-state index is 11.9. The van der Waals surface area contributed by atoms with Crippen LogP contribution in [0.25, 0.3) is 0 Å². The molecule has 0 bridgehead atoms. The first-order valence-electron chi connectivity index (χ1n) is 5.80. The zero-order chi connectivity index (χ0) is 12.4. The van der Waals surface area contributed by atoms with Crippen LogP contribution >= 0.6 is 0 Å². The molecule has 92 valence electrons. The predicted octanol–water partition coefficient (Wildman–Crippen LogP) is 0.554. The van der Waals surface area contributed by atoms with Crippen molar-refractivity contribution in [2.75, 3.05) is 5.32 Å². The molecule has 2 rings (SSSR count). The third kappa shape index (κ3) is 2.76. The van der Waals surface area contributed by atoms with E-state index in [1.54, 1.807) is 0 Å². The minimum Gasteiger partial charge on any atom is -0.328 e. The van der Waals surface area contributed by atoms with Gasteiger partial charge in [0.1, 0.15) is 0 Å². The summed E-state index contributed by atoms with van der Waals surface area (Å²) in [5.41, 5.74) is 7.32. The van der Waals surface area contributed by atoms with Crippen molar-refractivity contribution in [2.45, 2.75) is 39.2 Å². The Morgan fingerprint density at radius 3 is 2.65 bits per heavy atom. The minimum atomic E-state index is -0.0528. The van der Waals surface area contributed by atoms with Crippen molar-refractivity contribution in [3.05, 3.63) is 11.4 Å². The van der Waals surface area contributed by atoms with Crippen molar-refractivity contribution in [2.24, 2.45) is 11.7 Å². The molecule has 0 radical (unpaired) electrons. The monoisotopic (exact) mass is 235 g/mol. The summed E-state index contributed by atoms with van der Waals surface area (Å²) in [6.45, 7) is 3.67. The number of anilines is 1. The van der Waals surface area contributed by atoms with E-state index < -0.39 is 0 Å². The number of nitrogens with two attached hydrogens (primary N) is 1. The summed E-state index contributed by atoms with van der Waals surface area (Å²) in [7, 11) is 0. The Kier molecular flexibility index (Phi) is 3.33. The highest BCUT2D eigenvalue weighted by Gasteiger charge is 2.28. The summed E-state index contributed by atoms with van der Waals surface area (Å²) in [6.07, 6.45) is 2.49. The molecule has 17 heavy (non-hydrogen) atoms. The van der Waals surface area contributed by atoms with E-state index in [9.17, 15) is 4.79 Å². The molecule has 1 aliphatic rings. The van der Waals surface area contributed by atoms with Crippen LogP contribution in [0, 0.1) is 19.8 Å². The summed E-state index contributed by atoms with van der Waals surface area (Å²) in [4.78, 5) is 16.0. The summed E-state index contributed by atoms with van der Waals surface area (Å²) in [6, 6.07) is 0.143. The van der Waals surface area contributed by atoms with Gasteiger partial charge >= 0.3 is 0 Å². The first-order chi connectivity index (χ1) is 8.06. The quantitative estimate of drug-likeness (QED) is 0.781. The van der Waals surface area contributed by atoms with Crippen molar-refractivity contribution in [1.29, 1.82) is 0 Å². The number of aromatic nitrogens is 3. The second-order valence-corrected chi connectivity index (χ2v) is 4.57. The van der Waals surface area contributed by atoms with Gasteiger partial charge in [0.05, 0.1) is 11.4 Å². The summed E-state index contributed by atoms with van der Waals surface area (Å²) in [5.74, 6) is 0.205. The van der Waals surface area contributed by atoms with E-state index in [0.29, 0.717) is 0 Å². The number of amides is 1. The van der Waals surface area contributed by atoms with E-state index in [4.69, 9.17) is 5.73 Å². The molecule has 1 fully saturated rings. The highest BCUT2D eigenvalue weighted by Crippen LogP contribution is 2.24. The van der Waals surface area contributed by atoms with Gasteiger partial charge in [-0.15, -0.1) is 5.10 Å². The maximum Gasteiger partial charge on any atom is 0.249 e. The second-order valence-electron chi connectivity index (χ2n) is 4.57. The van der Waals surface area contributed by atoms with Gasteiger partial charge in [0.2, 0.25) is 11.9 Å². The van der Waals surface area contributed by atoms with Crippen molar-refractivity contribution in [3.8, 4) is 0 Å². The molecule has 0 aromatic carbocycles. The fourth-order valence-electron chi connectivity index (χ4n) is 1.98. The Morgan fingerprint density at radius 2 is 2.06 bits per heavy atom. The molecule has 1 amide bonds. The standard InChI is InChI=1S/C11H17N5O/c1-6-7(2)15-16-11(13-6)14-10(17)8-3-4-9(12)5-8/h8-9H,3-5,12H2,1-2H3,(H,13,14,16,17). The Labute approximate surface area is 100 Å². The van der Waals surface area contributed by atoms with Crippen LogP contribution in [-0.4, -0.2) is 27.1 Å². The fourth-order valence-corrected chi connectivity index (χ4v) is 1.98. The lowest BCUT2D eigenvalue weighted by molar-refractivity contribution is -0.119. The molecule has 6 heteroatoms. The third-order valence-electron chi connectivity index (χ3n) is 3.17. The van der Waals surface area contributed by atoms with Crippen LogP contribution in [0.15, 0.2) is 0 Å². The molecule has 1 saturated carbocycles. The van der Waals surface area contributed by atoms with E-state index in [-0.39, 0.29) is 23.8 Å². The van der Waals surface area contributed by atoms with E-state index in [0.717, 1.165) is 30.7 Å². The molecule has 1 aliphatic carbocycles. The fraction of sp³-hybridized carbons (Fsp3) is 0.636. The number of hydrogen-bond acceptors (Lipinski definition) is 5. The van der Waals surface area contributed by atoms with E-state index >= 15 is 0 Å². The van der Waals surface area contributed by atoms with Gasteiger partial charge in [-0.05, 0) is 33.1 Å². The SMILES string of the molecule is Cc1nnc(NC(=O)C2CCC(N)C2)nc1C. The van der Waals surface area contributed by atoms with Crippen LogP contribution in [0.3, 0.4) is 0 Å². The summed E-state index contributed by atoms with van der Waals surface area (Å²) in [5, 5.41) is 10.5. The van der Waals surface area contributed by atoms with Crippen LogP contribution in [0.1, 0.15) is 30.7 Å². The van der Waals surface area contributed by atoms with Crippen molar-refractivity contribution in [3.63, 3.8) is 0 Å². The zero-order valence-electron chi connectivity index (χ0n) is 10.1. The Hall–Kier alpha value is -1.56. The number of carbonyl (C=O) groups excluding carboxylic acids is 1. The van der Waals surface area contributed by atoms with E-state index in [2.05, 4.69) is 20.5 Å². The van der Waals surface area contributed by atoms with Crippen LogP contribution in [0.4, 0.5) is 5.95 Å². The van der Waals surface area contributed by atoms with Crippen LogP contribution in [0.2, 0.25) is 0 Å². The first-order valence-corrected chi connectivity index (χ1v) is 5.80. The molecule has 1 aromatic rings. The van der Waals surface area contributed by atoms with Gasteiger partial charge in [-0.2, -0.15) is 5.10 Å². The Morgan fingerprint density at radius 1 is 1.29 bits per heavy atom. The molecule has 0 aliphatic heterocycles. The largest absolute Gasteiger partial charge is 0.328 e. The van der Waals surface area contributed by atoms with Gasteiger partial charge in [-0.1, -0.05) is 0 Å². The Balaban J connectivity index is 2.00. The highest BCUT2D eigenvalue weighted by molar-refractivity contribution is 5.91. The lowest BCUT2D eigenvalue weighted by atomic mass is 10.1. The molecule has 3 N–H and O–H groups in total. The van der Waals surface area contributed by atoms with E-state index in [1.165, 1.54) is 0 Å². The zero-order valence-corrected chi connectivity index (χ0v) is 10.1. The van der Waals surface area contributed by atoms with Crippen LogP contribution < -0.4 is 11.1 Å². The molecule has 2 atom stereocenters. The molecule has 6 nitrogen and oxygen atoms in total. The predicted molar refractivity (Wildman–Crippen MR) is 63.2 cm³/mol. The number of nitrogens with zero attached hydrogens (tertiary/aromatic N) is 3. The normalized spacial score (nSPS) is 23.7. The third-order valence-corrected chi connectivity index (χ3v) is 3.17.